The maximum atomic E-state index is 12.3. The number of H-pyrrole nitrogens is 1. The Morgan fingerprint density at radius 1 is 1.35 bits per heavy atom. The molecule has 1 aromatic heterocycles. The lowest BCUT2D eigenvalue weighted by molar-refractivity contribution is 0.0696. The maximum Gasteiger partial charge on any atom is 0.335 e. The Labute approximate surface area is 115 Å². The lowest BCUT2D eigenvalue weighted by atomic mass is 10.1. The molecule has 0 radical (unpaired) electrons. The first kappa shape index (κ1) is 14.1. The number of aromatic carboxylic acids is 1. The molecule has 3 N–H and O–H groups in total. The Balaban J connectivity index is 2.53. The smallest absolute Gasteiger partial charge is 0.335 e. The van der Waals surface area contributed by atoms with Crippen molar-refractivity contribution in [3.05, 3.63) is 41.1 Å². The van der Waals surface area contributed by atoms with Gasteiger partial charge in [-0.05, 0) is 37.1 Å². The third-order valence-electron chi connectivity index (χ3n) is 2.90. The molecule has 2 rings (SSSR count). The highest BCUT2D eigenvalue weighted by Gasteiger charge is 2.21. The molecule has 1 heterocycles. The first-order chi connectivity index (χ1) is 9.31. The summed E-state index contributed by atoms with van der Waals surface area (Å²) in [7, 11) is -3.88. The number of carboxylic acids is 1. The van der Waals surface area contributed by atoms with Gasteiger partial charge in [-0.15, -0.1) is 0 Å². The fourth-order valence-electron chi connectivity index (χ4n) is 1.74. The summed E-state index contributed by atoms with van der Waals surface area (Å²) in [5, 5.41) is 15.1. The minimum Gasteiger partial charge on any atom is -0.478 e. The van der Waals surface area contributed by atoms with Crippen molar-refractivity contribution in [2.24, 2.45) is 0 Å². The highest BCUT2D eigenvalue weighted by molar-refractivity contribution is 7.92. The molecule has 8 heteroatoms. The zero-order valence-corrected chi connectivity index (χ0v) is 11.7. The molecule has 0 atom stereocenters. The normalized spacial score (nSPS) is 11.3. The van der Waals surface area contributed by atoms with E-state index in [1.807, 2.05) is 0 Å². The second-order valence-electron chi connectivity index (χ2n) is 4.30. The summed E-state index contributed by atoms with van der Waals surface area (Å²) in [5.41, 5.74) is 1.02. The molecular formula is C12H13N3O4S. The van der Waals surface area contributed by atoms with E-state index in [4.69, 9.17) is 5.11 Å². The second kappa shape index (κ2) is 4.97. The van der Waals surface area contributed by atoms with E-state index in [9.17, 15) is 13.2 Å². The van der Waals surface area contributed by atoms with E-state index in [0.717, 1.165) is 6.07 Å². The van der Waals surface area contributed by atoms with Gasteiger partial charge < -0.3 is 5.11 Å². The van der Waals surface area contributed by atoms with Crippen LogP contribution in [0.1, 0.15) is 21.5 Å². The number of sulfonamides is 1. The molecule has 2 aromatic rings. The molecule has 0 unspecified atom stereocenters. The fraction of sp³-hybridized carbons (Fsp3) is 0.167. The van der Waals surface area contributed by atoms with Crippen molar-refractivity contribution < 1.29 is 18.3 Å². The van der Waals surface area contributed by atoms with Crippen LogP contribution in [-0.2, 0) is 10.0 Å². The molecule has 0 aliphatic rings. The first-order valence-electron chi connectivity index (χ1n) is 5.68. The number of benzene rings is 1. The number of hydrogen-bond acceptors (Lipinski definition) is 4. The van der Waals surface area contributed by atoms with Crippen LogP contribution in [0.25, 0.3) is 0 Å². The van der Waals surface area contributed by atoms with Crippen LogP contribution >= 0.6 is 0 Å². The van der Waals surface area contributed by atoms with Gasteiger partial charge in [-0.3, -0.25) is 9.82 Å². The largest absolute Gasteiger partial charge is 0.478 e. The van der Waals surface area contributed by atoms with Gasteiger partial charge in [-0.25, -0.2) is 13.2 Å². The SMILES string of the molecule is Cc1cc(C(=O)O)cc(S(=O)(=O)Nc2ccn[nH]2)c1C. The average Bonchev–Trinajstić information content (AvgIpc) is 2.83. The summed E-state index contributed by atoms with van der Waals surface area (Å²) >= 11 is 0. The minimum absolute atomic E-state index is 0.0653. The number of hydrogen-bond donors (Lipinski definition) is 3. The Hall–Kier alpha value is -2.35. The molecule has 0 fully saturated rings. The third-order valence-corrected chi connectivity index (χ3v) is 4.39. The van der Waals surface area contributed by atoms with Gasteiger partial charge in [-0.1, -0.05) is 0 Å². The molecule has 0 bridgehead atoms. The Bertz CT molecular complexity index is 751. The van der Waals surface area contributed by atoms with E-state index in [2.05, 4.69) is 14.9 Å². The van der Waals surface area contributed by atoms with E-state index in [1.54, 1.807) is 13.8 Å². The van der Waals surface area contributed by atoms with Crippen LogP contribution in [0.2, 0.25) is 0 Å². The predicted octanol–water partition coefficient (Wildman–Crippen LogP) is 1.53. The maximum absolute atomic E-state index is 12.3. The van der Waals surface area contributed by atoms with Gasteiger partial charge in [0.05, 0.1) is 16.7 Å². The highest BCUT2D eigenvalue weighted by atomic mass is 32.2. The Morgan fingerprint density at radius 2 is 2.05 bits per heavy atom. The van der Waals surface area contributed by atoms with Crippen molar-refractivity contribution >= 4 is 21.8 Å². The molecule has 1 aromatic carbocycles. The van der Waals surface area contributed by atoms with Crippen LogP contribution in [-0.4, -0.2) is 29.7 Å². The summed E-state index contributed by atoms with van der Waals surface area (Å²) in [6.07, 6.45) is 1.41. The predicted molar refractivity (Wildman–Crippen MR) is 72.3 cm³/mol. The van der Waals surface area contributed by atoms with Crippen molar-refractivity contribution in [1.29, 1.82) is 0 Å². The molecule has 0 saturated heterocycles. The van der Waals surface area contributed by atoms with Gasteiger partial charge in [0.1, 0.15) is 5.82 Å². The van der Waals surface area contributed by atoms with Gasteiger partial charge in [0.15, 0.2) is 0 Å². The number of aryl methyl sites for hydroxylation is 1. The minimum atomic E-state index is -3.88. The van der Waals surface area contributed by atoms with Crippen LogP contribution < -0.4 is 4.72 Å². The van der Waals surface area contributed by atoms with Gasteiger partial charge in [0.2, 0.25) is 0 Å². The van der Waals surface area contributed by atoms with Gasteiger partial charge in [0, 0.05) is 6.07 Å². The molecule has 20 heavy (non-hydrogen) atoms. The van der Waals surface area contributed by atoms with Crippen LogP contribution in [0.3, 0.4) is 0 Å². The molecule has 106 valence electrons. The Morgan fingerprint density at radius 3 is 2.60 bits per heavy atom. The second-order valence-corrected chi connectivity index (χ2v) is 5.95. The molecule has 7 nitrogen and oxygen atoms in total. The van der Waals surface area contributed by atoms with Crippen LogP contribution in [0.5, 0.6) is 0 Å². The summed E-state index contributed by atoms with van der Waals surface area (Å²) in [4.78, 5) is 11.0. The number of nitrogens with zero attached hydrogens (tertiary/aromatic N) is 1. The van der Waals surface area contributed by atoms with Crippen LogP contribution in [0.15, 0.2) is 29.3 Å². The molecule has 0 amide bonds. The molecular weight excluding hydrogens is 282 g/mol. The van der Waals surface area contributed by atoms with Crippen molar-refractivity contribution in [1.82, 2.24) is 10.2 Å². The van der Waals surface area contributed by atoms with Crippen molar-refractivity contribution in [2.45, 2.75) is 18.7 Å². The first-order valence-corrected chi connectivity index (χ1v) is 7.16. The van der Waals surface area contributed by atoms with E-state index in [-0.39, 0.29) is 16.3 Å². The van der Waals surface area contributed by atoms with Gasteiger partial charge in [0.25, 0.3) is 10.0 Å². The molecule has 0 saturated carbocycles. The third kappa shape index (κ3) is 2.64. The monoisotopic (exact) mass is 295 g/mol. The number of carbonyl (C=O) groups is 1. The summed E-state index contributed by atoms with van der Waals surface area (Å²) in [6, 6.07) is 4.04. The topological polar surface area (TPSA) is 112 Å². The van der Waals surface area contributed by atoms with Gasteiger partial charge >= 0.3 is 5.97 Å². The molecule has 0 aliphatic carbocycles. The number of rotatable bonds is 4. The van der Waals surface area contributed by atoms with Crippen molar-refractivity contribution in [2.75, 3.05) is 4.72 Å². The number of anilines is 1. The Kier molecular flexibility index (Phi) is 3.49. The van der Waals surface area contributed by atoms with Crippen LogP contribution in [0, 0.1) is 13.8 Å². The van der Waals surface area contributed by atoms with Gasteiger partial charge in [-0.2, -0.15) is 5.10 Å². The van der Waals surface area contributed by atoms with E-state index >= 15 is 0 Å². The zero-order chi connectivity index (χ0) is 14.9. The number of aromatic amines is 1. The fourth-order valence-corrected chi connectivity index (χ4v) is 3.10. The number of carboxylic acid groups (broad SMARTS) is 1. The quantitative estimate of drug-likeness (QED) is 0.791. The van der Waals surface area contributed by atoms with E-state index in [0.29, 0.717) is 11.1 Å². The standard InChI is InChI=1S/C12H13N3O4S/c1-7-5-9(12(16)17)6-10(8(7)2)20(18,19)15-11-3-4-13-14-11/h3-6H,1-2H3,(H,16,17)(H2,13,14,15). The summed E-state index contributed by atoms with van der Waals surface area (Å²) < 4.78 is 26.9. The number of nitrogens with one attached hydrogen (secondary N) is 2. The number of aromatic nitrogens is 2. The zero-order valence-electron chi connectivity index (χ0n) is 10.8. The van der Waals surface area contributed by atoms with E-state index in [1.165, 1.54) is 18.3 Å². The molecule has 0 spiro atoms. The summed E-state index contributed by atoms with van der Waals surface area (Å²) in [5.74, 6) is -0.964. The van der Waals surface area contributed by atoms with Crippen LogP contribution in [0.4, 0.5) is 5.82 Å². The highest BCUT2D eigenvalue weighted by Crippen LogP contribution is 2.23. The molecule has 0 aliphatic heterocycles. The van der Waals surface area contributed by atoms with Crippen molar-refractivity contribution in [3.63, 3.8) is 0 Å². The van der Waals surface area contributed by atoms with Crippen molar-refractivity contribution in [3.8, 4) is 0 Å². The lowest BCUT2D eigenvalue weighted by Crippen LogP contribution is -2.16. The summed E-state index contributed by atoms with van der Waals surface area (Å²) in [6.45, 7) is 3.29. The lowest BCUT2D eigenvalue weighted by Gasteiger charge is -2.12. The van der Waals surface area contributed by atoms with E-state index < -0.39 is 16.0 Å². The average molecular weight is 295 g/mol.